The van der Waals surface area contributed by atoms with E-state index in [-0.39, 0.29) is 16.9 Å². The van der Waals surface area contributed by atoms with E-state index in [1.807, 2.05) is 0 Å². The van der Waals surface area contributed by atoms with Crippen LogP contribution in [0.15, 0.2) is 18.2 Å². The molecule has 0 saturated heterocycles. The molecule has 1 N–H and O–H groups in total. The van der Waals surface area contributed by atoms with Crippen LogP contribution in [0.2, 0.25) is 0 Å². The molecule has 1 aliphatic rings. The quantitative estimate of drug-likeness (QED) is 0.859. The molecule has 1 aromatic carbocycles. The average molecular weight is 294 g/mol. The first-order valence-electron chi connectivity index (χ1n) is 7.70. The minimum Gasteiger partial charge on any atom is -0.484 e. The number of hydrogen-bond donors (Lipinski definition) is 1. The van der Waals surface area contributed by atoms with Gasteiger partial charge < -0.3 is 9.84 Å². The summed E-state index contributed by atoms with van der Waals surface area (Å²) in [5.41, 5.74) is -0.313. The number of carboxylic acids is 1. The molecule has 1 fully saturated rings. The second-order valence-corrected chi connectivity index (χ2v) is 5.99. The Hall–Kier alpha value is -1.58. The van der Waals surface area contributed by atoms with E-state index in [0.29, 0.717) is 5.92 Å². The molecule has 2 rings (SSSR count). The van der Waals surface area contributed by atoms with Crippen molar-refractivity contribution >= 4 is 5.97 Å². The van der Waals surface area contributed by atoms with E-state index in [4.69, 9.17) is 9.84 Å². The zero-order valence-electron chi connectivity index (χ0n) is 12.7. The fourth-order valence-corrected chi connectivity index (χ4v) is 3.15. The lowest BCUT2D eigenvalue weighted by atomic mass is 9.75. The van der Waals surface area contributed by atoms with Gasteiger partial charge in [0.05, 0.1) is 5.56 Å². The number of halogens is 1. The van der Waals surface area contributed by atoms with Crippen molar-refractivity contribution in [2.75, 3.05) is 0 Å². The van der Waals surface area contributed by atoms with Gasteiger partial charge in [-0.25, -0.2) is 9.18 Å². The van der Waals surface area contributed by atoms with Gasteiger partial charge in [0.25, 0.3) is 0 Å². The Kier molecular flexibility index (Phi) is 4.86. The molecule has 0 radical (unpaired) electrons. The third-order valence-corrected chi connectivity index (χ3v) is 4.70. The van der Waals surface area contributed by atoms with Crippen molar-refractivity contribution in [1.29, 1.82) is 0 Å². The van der Waals surface area contributed by atoms with Crippen molar-refractivity contribution in [3.8, 4) is 5.75 Å². The highest BCUT2D eigenvalue weighted by Gasteiger charge is 2.39. The third kappa shape index (κ3) is 3.36. The Balaban J connectivity index is 2.32. The monoisotopic (exact) mass is 294 g/mol. The maximum atomic E-state index is 14.0. The van der Waals surface area contributed by atoms with E-state index in [2.05, 4.69) is 13.8 Å². The van der Waals surface area contributed by atoms with Gasteiger partial charge in [-0.15, -0.1) is 0 Å². The molecule has 0 heterocycles. The molecule has 0 bridgehead atoms. The van der Waals surface area contributed by atoms with E-state index >= 15 is 0 Å². The Labute approximate surface area is 125 Å². The molecule has 0 aromatic heterocycles. The van der Waals surface area contributed by atoms with Gasteiger partial charge in [-0.1, -0.05) is 20.3 Å². The van der Waals surface area contributed by atoms with Crippen LogP contribution in [0.4, 0.5) is 4.39 Å². The smallest absolute Gasteiger partial charge is 0.335 e. The summed E-state index contributed by atoms with van der Waals surface area (Å²) in [6, 6.07) is 3.74. The number of benzene rings is 1. The Morgan fingerprint density at radius 2 is 2.05 bits per heavy atom. The summed E-state index contributed by atoms with van der Waals surface area (Å²) < 4.78 is 20.1. The second kappa shape index (κ2) is 6.46. The van der Waals surface area contributed by atoms with Crippen LogP contribution in [0.3, 0.4) is 0 Å². The lowest BCUT2D eigenvalue weighted by Gasteiger charge is -2.42. The Bertz CT molecular complexity index is 507. The molecule has 1 aliphatic carbocycles. The molecule has 1 aromatic rings. The molecule has 1 unspecified atom stereocenters. The van der Waals surface area contributed by atoms with Crippen LogP contribution in [-0.4, -0.2) is 16.7 Å². The maximum Gasteiger partial charge on any atom is 0.335 e. The van der Waals surface area contributed by atoms with Crippen molar-refractivity contribution in [1.82, 2.24) is 0 Å². The minimum absolute atomic E-state index is 0.0570. The average Bonchev–Trinajstić information content (AvgIpc) is 2.49. The molecule has 0 amide bonds. The SMILES string of the molecule is CCC(C)C1(Oc2cc(C(=O)O)ccc2F)CCCCC1. The van der Waals surface area contributed by atoms with Gasteiger partial charge in [-0.2, -0.15) is 0 Å². The number of carboxylic acid groups (broad SMARTS) is 1. The first kappa shape index (κ1) is 15.8. The number of carbonyl (C=O) groups is 1. The highest BCUT2D eigenvalue weighted by Crippen LogP contribution is 2.40. The first-order valence-corrected chi connectivity index (χ1v) is 7.70. The van der Waals surface area contributed by atoms with Crippen molar-refractivity contribution < 1.29 is 19.0 Å². The highest BCUT2D eigenvalue weighted by atomic mass is 19.1. The Morgan fingerprint density at radius 3 is 2.62 bits per heavy atom. The maximum absolute atomic E-state index is 14.0. The van der Waals surface area contributed by atoms with Crippen LogP contribution in [-0.2, 0) is 0 Å². The van der Waals surface area contributed by atoms with Crippen LogP contribution in [0.25, 0.3) is 0 Å². The predicted octanol–water partition coefficient (Wildman–Crippen LogP) is 4.65. The summed E-state index contributed by atoms with van der Waals surface area (Å²) in [5.74, 6) is -1.18. The number of aromatic carboxylic acids is 1. The molecule has 0 aliphatic heterocycles. The Morgan fingerprint density at radius 1 is 1.38 bits per heavy atom. The summed E-state index contributed by atoms with van der Waals surface area (Å²) in [7, 11) is 0. The molecule has 3 nitrogen and oxygen atoms in total. The van der Waals surface area contributed by atoms with Crippen LogP contribution in [0.1, 0.15) is 62.7 Å². The van der Waals surface area contributed by atoms with Crippen LogP contribution in [0, 0.1) is 11.7 Å². The van der Waals surface area contributed by atoms with E-state index in [9.17, 15) is 9.18 Å². The summed E-state index contributed by atoms with van der Waals surface area (Å²) in [6.07, 6.45) is 6.09. The zero-order chi connectivity index (χ0) is 15.5. The lowest BCUT2D eigenvalue weighted by Crippen LogP contribution is -2.44. The van der Waals surface area contributed by atoms with E-state index in [1.165, 1.54) is 24.6 Å². The number of rotatable bonds is 5. The fourth-order valence-electron chi connectivity index (χ4n) is 3.15. The molecule has 116 valence electrons. The van der Waals surface area contributed by atoms with Gasteiger partial charge in [0.2, 0.25) is 0 Å². The predicted molar refractivity (Wildman–Crippen MR) is 79.3 cm³/mol. The summed E-state index contributed by atoms with van der Waals surface area (Å²) >= 11 is 0. The fraction of sp³-hybridized carbons (Fsp3) is 0.588. The van der Waals surface area contributed by atoms with Crippen molar-refractivity contribution in [3.63, 3.8) is 0 Å². The molecular weight excluding hydrogens is 271 g/mol. The highest BCUT2D eigenvalue weighted by molar-refractivity contribution is 5.88. The zero-order valence-corrected chi connectivity index (χ0v) is 12.7. The number of ether oxygens (including phenoxy) is 1. The van der Waals surface area contributed by atoms with Crippen LogP contribution >= 0.6 is 0 Å². The van der Waals surface area contributed by atoms with Gasteiger partial charge in [-0.3, -0.25) is 0 Å². The molecular formula is C17H23FO3. The molecule has 0 spiro atoms. The summed E-state index contributed by atoms with van der Waals surface area (Å²) in [6.45, 7) is 4.23. The van der Waals surface area contributed by atoms with Crippen molar-refractivity contribution in [2.45, 2.75) is 58.0 Å². The first-order chi connectivity index (χ1) is 9.98. The van der Waals surface area contributed by atoms with Gasteiger partial charge in [0.15, 0.2) is 11.6 Å². The van der Waals surface area contributed by atoms with E-state index in [0.717, 1.165) is 32.1 Å². The minimum atomic E-state index is -1.07. The molecule has 1 saturated carbocycles. The molecule has 21 heavy (non-hydrogen) atoms. The van der Waals surface area contributed by atoms with Crippen molar-refractivity contribution in [3.05, 3.63) is 29.6 Å². The van der Waals surface area contributed by atoms with Crippen LogP contribution < -0.4 is 4.74 Å². The lowest BCUT2D eigenvalue weighted by molar-refractivity contribution is -0.0226. The largest absolute Gasteiger partial charge is 0.484 e. The van der Waals surface area contributed by atoms with Crippen molar-refractivity contribution in [2.24, 2.45) is 5.92 Å². The molecule has 1 atom stereocenters. The normalized spacial score (nSPS) is 19.0. The topological polar surface area (TPSA) is 46.5 Å². The third-order valence-electron chi connectivity index (χ3n) is 4.70. The van der Waals surface area contributed by atoms with E-state index < -0.39 is 11.8 Å². The van der Waals surface area contributed by atoms with Gasteiger partial charge in [0, 0.05) is 0 Å². The standard InChI is InChI=1S/C17H23FO3/c1-3-12(2)17(9-5-4-6-10-17)21-15-11-13(16(19)20)7-8-14(15)18/h7-8,11-12H,3-6,9-10H2,1-2H3,(H,19,20). The number of hydrogen-bond acceptors (Lipinski definition) is 2. The molecule has 4 heteroatoms. The summed E-state index contributed by atoms with van der Waals surface area (Å²) in [5, 5.41) is 9.05. The van der Waals surface area contributed by atoms with Crippen LogP contribution in [0.5, 0.6) is 5.75 Å². The second-order valence-electron chi connectivity index (χ2n) is 5.99. The van der Waals surface area contributed by atoms with E-state index in [1.54, 1.807) is 0 Å². The van der Waals surface area contributed by atoms with Gasteiger partial charge >= 0.3 is 5.97 Å². The van der Waals surface area contributed by atoms with Gasteiger partial charge in [-0.05, 0) is 56.2 Å². The summed E-state index contributed by atoms with van der Waals surface area (Å²) in [4.78, 5) is 11.0. The van der Waals surface area contributed by atoms with Gasteiger partial charge in [0.1, 0.15) is 5.60 Å².